The largest absolute Gasteiger partial charge is 0.361 e. The van der Waals surface area contributed by atoms with E-state index in [4.69, 9.17) is 27.7 Å². The second-order valence-electron chi connectivity index (χ2n) is 6.21. The molecule has 1 fully saturated rings. The molecule has 0 aliphatic heterocycles. The van der Waals surface area contributed by atoms with E-state index in [-0.39, 0.29) is 5.54 Å². The number of nitrogens with one attached hydrogen (secondary N) is 1. The number of halogens is 2. The topological polar surface area (TPSA) is 63.8 Å². The van der Waals surface area contributed by atoms with E-state index in [9.17, 15) is 0 Å². The fraction of sp³-hybridized carbons (Fsp3) is 0.353. The highest BCUT2D eigenvalue weighted by molar-refractivity contribution is 6.36. The van der Waals surface area contributed by atoms with Gasteiger partial charge < -0.3 is 9.84 Å². The summed E-state index contributed by atoms with van der Waals surface area (Å²) in [7, 11) is 0. The van der Waals surface area contributed by atoms with Crippen LogP contribution in [0.15, 0.2) is 22.7 Å². The fourth-order valence-corrected chi connectivity index (χ4v) is 3.35. The normalized spacial score (nSPS) is 15.7. The first kappa shape index (κ1) is 15.7. The second-order valence-corrected chi connectivity index (χ2v) is 7.06. The van der Waals surface area contributed by atoms with Crippen molar-refractivity contribution in [3.8, 4) is 11.3 Å². The molecule has 0 saturated heterocycles. The standard InChI is InChI=1S/C17H16Cl2N4O/c1-3-17(6-7-17)22-16-15-14(20-9(2)21-16)13(23-24-15)11-5-4-10(18)8-12(11)19/h4-5,8H,3,6-7H2,1-2H3,(H,20,21,22). The number of rotatable bonds is 4. The number of nitrogens with zero attached hydrogens (tertiary/aromatic N) is 3. The third-order valence-electron chi connectivity index (χ3n) is 4.53. The molecule has 1 N–H and O–H groups in total. The van der Waals surface area contributed by atoms with Gasteiger partial charge in [0.15, 0.2) is 5.82 Å². The van der Waals surface area contributed by atoms with Crippen LogP contribution < -0.4 is 5.32 Å². The van der Waals surface area contributed by atoms with Gasteiger partial charge in [-0.2, -0.15) is 0 Å². The van der Waals surface area contributed by atoms with Crippen LogP contribution in [0, 0.1) is 6.92 Å². The lowest BCUT2D eigenvalue weighted by Gasteiger charge is -2.15. The minimum absolute atomic E-state index is 0.124. The molecule has 1 aromatic carbocycles. The molecule has 1 saturated carbocycles. The SMILES string of the molecule is CCC1(Nc2nc(C)nc3c(-c4ccc(Cl)cc4Cl)noc23)CC1. The van der Waals surface area contributed by atoms with Gasteiger partial charge in [-0.3, -0.25) is 0 Å². The number of hydrogen-bond donors (Lipinski definition) is 1. The summed E-state index contributed by atoms with van der Waals surface area (Å²) in [6.45, 7) is 4.03. The van der Waals surface area contributed by atoms with Crippen LogP contribution in [0.5, 0.6) is 0 Å². The Bertz CT molecular complexity index is 934. The molecule has 3 aromatic rings. The lowest BCUT2D eigenvalue weighted by atomic mass is 10.1. The lowest BCUT2D eigenvalue weighted by molar-refractivity contribution is 0.458. The monoisotopic (exact) mass is 362 g/mol. The first-order valence-electron chi connectivity index (χ1n) is 7.89. The summed E-state index contributed by atoms with van der Waals surface area (Å²) in [6.07, 6.45) is 3.32. The van der Waals surface area contributed by atoms with Gasteiger partial charge in [-0.15, -0.1) is 0 Å². The van der Waals surface area contributed by atoms with Gasteiger partial charge in [0.1, 0.15) is 17.0 Å². The molecule has 1 aliphatic carbocycles. The smallest absolute Gasteiger partial charge is 0.228 e. The molecular formula is C17H16Cl2N4O. The molecule has 124 valence electrons. The zero-order valence-electron chi connectivity index (χ0n) is 13.4. The summed E-state index contributed by atoms with van der Waals surface area (Å²) < 4.78 is 5.56. The zero-order chi connectivity index (χ0) is 16.9. The highest BCUT2D eigenvalue weighted by Gasteiger charge is 2.41. The Balaban J connectivity index is 1.86. The molecule has 0 bridgehead atoms. The third kappa shape index (κ3) is 2.62. The maximum atomic E-state index is 6.31. The van der Waals surface area contributed by atoms with Crippen molar-refractivity contribution in [1.82, 2.24) is 15.1 Å². The molecule has 0 atom stereocenters. The first-order valence-corrected chi connectivity index (χ1v) is 8.64. The molecule has 7 heteroatoms. The van der Waals surface area contributed by atoms with E-state index in [0.717, 1.165) is 24.8 Å². The van der Waals surface area contributed by atoms with E-state index >= 15 is 0 Å². The van der Waals surface area contributed by atoms with Crippen molar-refractivity contribution in [2.24, 2.45) is 0 Å². The molecule has 0 amide bonds. The van der Waals surface area contributed by atoms with Gasteiger partial charge in [-0.25, -0.2) is 9.97 Å². The molecule has 0 radical (unpaired) electrons. The van der Waals surface area contributed by atoms with Crippen LogP contribution in [0.1, 0.15) is 32.0 Å². The number of hydrogen-bond acceptors (Lipinski definition) is 5. The summed E-state index contributed by atoms with van der Waals surface area (Å²) in [5.41, 5.74) is 2.67. The van der Waals surface area contributed by atoms with Gasteiger partial charge in [0.2, 0.25) is 5.58 Å². The minimum atomic E-state index is 0.124. The Morgan fingerprint density at radius 2 is 2.04 bits per heavy atom. The van der Waals surface area contributed by atoms with Gasteiger partial charge >= 0.3 is 0 Å². The van der Waals surface area contributed by atoms with Crippen LogP contribution in [-0.4, -0.2) is 20.7 Å². The number of anilines is 1. The van der Waals surface area contributed by atoms with Crippen LogP contribution in [-0.2, 0) is 0 Å². The summed E-state index contributed by atoms with van der Waals surface area (Å²) in [6, 6.07) is 5.27. The molecular weight excluding hydrogens is 347 g/mol. The molecule has 1 aliphatic rings. The Kier molecular flexibility index (Phi) is 3.66. The molecule has 0 spiro atoms. The van der Waals surface area contributed by atoms with Crippen LogP contribution >= 0.6 is 23.2 Å². The molecule has 0 unspecified atom stereocenters. The van der Waals surface area contributed by atoms with Crippen molar-refractivity contribution < 1.29 is 4.52 Å². The van der Waals surface area contributed by atoms with Crippen molar-refractivity contribution in [3.05, 3.63) is 34.1 Å². The quantitative estimate of drug-likeness (QED) is 0.685. The molecule has 24 heavy (non-hydrogen) atoms. The Labute approximate surface area is 149 Å². The highest BCUT2D eigenvalue weighted by Crippen LogP contribution is 2.43. The summed E-state index contributed by atoms with van der Waals surface area (Å²) in [5.74, 6) is 1.35. The van der Waals surface area contributed by atoms with E-state index in [1.807, 2.05) is 13.0 Å². The maximum absolute atomic E-state index is 6.31. The predicted octanol–water partition coefficient (Wildman–Crippen LogP) is 5.25. The van der Waals surface area contributed by atoms with E-state index in [1.54, 1.807) is 12.1 Å². The van der Waals surface area contributed by atoms with Crippen molar-refractivity contribution in [3.63, 3.8) is 0 Å². The van der Waals surface area contributed by atoms with E-state index in [1.165, 1.54) is 0 Å². The minimum Gasteiger partial charge on any atom is -0.361 e. The Morgan fingerprint density at radius 1 is 1.25 bits per heavy atom. The average molecular weight is 363 g/mol. The first-order chi connectivity index (χ1) is 11.5. The van der Waals surface area contributed by atoms with E-state index in [2.05, 4.69) is 27.4 Å². The fourth-order valence-electron chi connectivity index (χ4n) is 2.86. The molecule has 2 heterocycles. The van der Waals surface area contributed by atoms with Crippen molar-refractivity contribution in [2.75, 3.05) is 5.32 Å². The number of fused-ring (bicyclic) bond motifs is 1. The highest BCUT2D eigenvalue weighted by atomic mass is 35.5. The van der Waals surface area contributed by atoms with Gasteiger partial charge in [-0.1, -0.05) is 35.3 Å². The summed E-state index contributed by atoms with van der Waals surface area (Å²) in [5, 5.41) is 8.78. The van der Waals surface area contributed by atoms with Gasteiger partial charge in [0.25, 0.3) is 0 Å². The van der Waals surface area contributed by atoms with Gasteiger partial charge in [-0.05, 0) is 44.4 Å². The zero-order valence-corrected chi connectivity index (χ0v) is 14.9. The van der Waals surface area contributed by atoms with Crippen LogP contribution in [0.25, 0.3) is 22.4 Å². The lowest BCUT2D eigenvalue weighted by Crippen LogP contribution is -2.21. The predicted molar refractivity (Wildman–Crippen MR) is 95.7 cm³/mol. The Hall–Kier alpha value is -1.85. The van der Waals surface area contributed by atoms with E-state index < -0.39 is 0 Å². The summed E-state index contributed by atoms with van der Waals surface area (Å²) in [4.78, 5) is 9.02. The molecule has 4 rings (SSSR count). The number of aromatic nitrogens is 3. The number of aryl methyl sites for hydroxylation is 1. The van der Waals surface area contributed by atoms with E-state index in [0.29, 0.717) is 38.5 Å². The van der Waals surface area contributed by atoms with Gasteiger partial charge in [0.05, 0.1) is 5.02 Å². The van der Waals surface area contributed by atoms with Crippen molar-refractivity contribution in [1.29, 1.82) is 0 Å². The number of benzene rings is 1. The maximum Gasteiger partial charge on any atom is 0.228 e. The molecule has 5 nitrogen and oxygen atoms in total. The Morgan fingerprint density at radius 3 is 2.71 bits per heavy atom. The second kappa shape index (κ2) is 5.60. The van der Waals surface area contributed by atoms with Gasteiger partial charge in [0, 0.05) is 16.1 Å². The average Bonchev–Trinajstić information content (AvgIpc) is 3.19. The van der Waals surface area contributed by atoms with Crippen molar-refractivity contribution >= 4 is 40.1 Å². The van der Waals surface area contributed by atoms with Crippen LogP contribution in [0.2, 0.25) is 10.0 Å². The van der Waals surface area contributed by atoms with Crippen molar-refractivity contribution in [2.45, 2.75) is 38.6 Å². The van der Waals surface area contributed by atoms with Crippen LogP contribution in [0.4, 0.5) is 5.82 Å². The third-order valence-corrected chi connectivity index (χ3v) is 5.08. The molecule has 2 aromatic heterocycles. The summed E-state index contributed by atoms with van der Waals surface area (Å²) >= 11 is 12.3. The van der Waals surface area contributed by atoms with Crippen LogP contribution in [0.3, 0.4) is 0 Å².